The molecule has 3 rings (SSSR count). The predicted molar refractivity (Wildman–Crippen MR) is 105 cm³/mol. The van der Waals surface area contributed by atoms with Crippen LogP contribution in [0.2, 0.25) is 10.0 Å². The molecule has 1 N–H and O–H groups in total. The first-order valence-corrected chi connectivity index (χ1v) is 9.54. The molecule has 1 amide bonds. The van der Waals surface area contributed by atoms with Gasteiger partial charge in [-0.3, -0.25) is 9.78 Å². The van der Waals surface area contributed by atoms with E-state index >= 15 is 0 Å². The molecule has 3 aromatic rings. The van der Waals surface area contributed by atoms with Crippen LogP contribution in [0.4, 0.5) is 5.69 Å². The van der Waals surface area contributed by atoms with Crippen LogP contribution in [-0.4, -0.2) is 31.4 Å². The van der Waals surface area contributed by atoms with Gasteiger partial charge in [0.1, 0.15) is 0 Å². The minimum atomic E-state index is -0.165. The minimum Gasteiger partial charge on any atom is -0.325 e. The van der Waals surface area contributed by atoms with Gasteiger partial charge in [0.05, 0.1) is 15.8 Å². The molecule has 0 aliphatic rings. The topological polar surface area (TPSA) is 72.7 Å². The number of aromatic nitrogens is 4. The van der Waals surface area contributed by atoms with Crippen LogP contribution in [0.15, 0.2) is 47.9 Å². The molecule has 0 bridgehead atoms. The lowest BCUT2D eigenvalue weighted by atomic mass is 10.3. The second kappa shape index (κ2) is 8.53. The molecule has 0 saturated heterocycles. The molecule has 6 nitrogen and oxygen atoms in total. The van der Waals surface area contributed by atoms with E-state index in [4.69, 9.17) is 23.2 Å². The fourth-order valence-electron chi connectivity index (χ4n) is 2.29. The molecule has 0 spiro atoms. The van der Waals surface area contributed by atoms with Crippen molar-refractivity contribution in [1.29, 1.82) is 0 Å². The van der Waals surface area contributed by atoms with Gasteiger partial charge < -0.3 is 9.88 Å². The summed E-state index contributed by atoms with van der Waals surface area (Å²) in [5.41, 5.74) is 1.48. The van der Waals surface area contributed by atoms with E-state index in [1.54, 1.807) is 30.6 Å². The normalized spacial score (nSPS) is 10.7. The predicted octanol–water partition coefficient (Wildman–Crippen LogP) is 4.40. The van der Waals surface area contributed by atoms with Crippen LogP contribution < -0.4 is 5.32 Å². The van der Waals surface area contributed by atoms with E-state index in [1.165, 1.54) is 11.8 Å². The van der Waals surface area contributed by atoms with Gasteiger partial charge in [0.25, 0.3) is 0 Å². The van der Waals surface area contributed by atoms with Crippen LogP contribution in [0, 0.1) is 0 Å². The highest BCUT2D eigenvalue weighted by atomic mass is 35.5. The second-order valence-electron chi connectivity index (χ2n) is 5.26. The number of anilines is 1. The maximum absolute atomic E-state index is 12.2. The highest BCUT2D eigenvalue weighted by molar-refractivity contribution is 7.99. The number of hydrogen-bond acceptors (Lipinski definition) is 5. The van der Waals surface area contributed by atoms with Gasteiger partial charge >= 0.3 is 0 Å². The maximum atomic E-state index is 12.2. The largest absolute Gasteiger partial charge is 0.325 e. The maximum Gasteiger partial charge on any atom is 0.234 e. The molecule has 9 heteroatoms. The average molecular weight is 408 g/mol. The van der Waals surface area contributed by atoms with E-state index in [9.17, 15) is 4.79 Å². The number of halogens is 2. The molecule has 1 aromatic carbocycles. The van der Waals surface area contributed by atoms with Crippen LogP contribution in [0.25, 0.3) is 11.4 Å². The van der Waals surface area contributed by atoms with E-state index in [0.29, 0.717) is 27.4 Å². The van der Waals surface area contributed by atoms with Gasteiger partial charge in [-0.15, -0.1) is 10.2 Å². The van der Waals surface area contributed by atoms with Crippen molar-refractivity contribution in [2.45, 2.75) is 18.6 Å². The molecular weight excluding hydrogens is 393 g/mol. The third-order valence-electron chi connectivity index (χ3n) is 3.49. The average Bonchev–Trinajstić information content (AvgIpc) is 3.07. The zero-order valence-corrected chi connectivity index (χ0v) is 16.1. The van der Waals surface area contributed by atoms with Gasteiger partial charge in [-0.2, -0.15) is 0 Å². The van der Waals surface area contributed by atoms with Crippen LogP contribution in [-0.2, 0) is 11.3 Å². The lowest BCUT2D eigenvalue weighted by molar-refractivity contribution is -0.113. The van der Waals surface area contributed by atoms with Gasteiger partial charge in [-0.25, -0.2) is 0 Å². The summed E-state index contributed by atoms with van der Waals surface area (Å²) in [6.45, 7) is 2.69. The van der Waals surface area contributed by atoms with Gasteiger partial charge in [0.2, 0.25) is 5.91 Å². The first-order valence-electron chi connectivity index (χ1n) is 7.79. The second-order valence-corrected chi connectivity index (χ2v) is 7.01. The van der Waals surface area contributed by atoms with Crippen molar-refractivity contribution in [2.75, 3.05) is 11.1 Å². The number of carbonyl (C=O) groups excluding carboxylic acids is 1. The number of nitrogens with zero attached hydrogens (tertiary/aromatic N) is 4. The number of carbonyl (C=O) groups is 1. The molecule has 0 saturated carbocycles. The van der Waals surface area contributed by atoms with Crippen molar-refractivity contribution in [2.24, 2.45) is 0 Å². The Morgan fingerprint density at radius 2 is 2.08 bits per heavy atom. The van der Waals surface area contributed by atoms with Crippen molar-refractivity contribution < 1.29 is 4.79 Å². The van der Waals surface area contributed by atoms with Crippen molar-refractivity contribution in [3.05, 3.63) is 52.8 Å². The Kier molecular flexibility index (Phi) is 6.13. The van der Waals surface area contributed by atoms with Gasteiger partial charge in [0.15, 0.2) is 11.0 Å². The van der Waals surface area contributed by atoms with Crippen LogP contribution in [0.3, 0.4) is 0 Å². The summed E-state index contributed by atoms with van der Waals surface area (Å²) in [6.07, 6.45) is 3.45. The summed E-state index contributed by atoms with van der Waals surface area (Å²) in [5.74, 6) is 0.765. The summed E-state index contributed by atoms with van der Waals surface area (Å²) in [4.78, 5) is 16.3. The van der Waals surface area contributed by atoms with Gasteiger partial charge in [0, 0.05) is 30.2 Å². The summed E-state index contributed by atoms with van der Waals surface area (Å²) in [7, 11) is 0. The van der Waals surface area contributed by atoms with E-state index in [2.05, 4.69) is 20.5 Å². The van der Waals surface area contributed by atoms with Crippen molar-refractivity contribution in [1.82, 2.24) is 19.7 Å². The van der Waals surface area contributed by atoms with Crippen molar-refractivity contribution in [3.63, 3.8) is 0 Å². The van der Waals surface area contributed by atoms with E-state index in [1.807, 2.05) is 23.6 Å². The molecule has 0 aliphatic carbocycles. The standard InChI is InChI=1S/C17H15Cl2N5OS/c1-2-24-16(11-4-3-7-20-9-11)22-23-17(24)26-10-15(25)21-12-5-6-13(18)14(19)8-12/h3-9H,2,10H2,1H3,(H,21,25). The Bertz CT molecular complexity index is 917. The van der Waals surface area contributed by atoms with Crippen molar-refractivity contribution in [3.8, 4) is 11.4 Å². The molecule has 134 valence electrons. The monoisotopic (exact) mass is 407 g/mol. The third kappa shape index (κ3) is 4.35. The van der Waals surface area contributed by atoms with Gasteiger partial charge in [-0.1, -0.05) is 35.0 Å². The number of thioether (sulfide) groups is 1. The minimum absolute atomic E-state index is 0.165. The Balaban J connectivity index is 1.67. The highest BCUT2D eigenvalue weighted by Gasteiger charge is 2.15. The highest BCUT2D eigenvalue weighted by Crippen LogP contribution is 2.26. The number of nitrogens with one attached hydrogen (secondary N) is 1. The Labute approximate surface area is 164 Å². The summed E-state index contributed by atoms with van der Waals surface area (Å²) >= 11 is 13.1. The van der Waals surface area contributed by atoms with E-state index in [-0.39, 0.29) is 11.7 Å². The molecule has 0 aliphatic heterocycles. The van der Waals surface area contributed by atoms with E-state index < -0.39 is 0 Å². The zero-order chi connectivity index (χ0) is 18.5. The molecule has 0 atom stereocenters. The molecule has 0 radical (unpaired) electrons. The Morgan fingerprint density at radius 3 is 2.77 bits per heavy atom. The van der Waals surface area contributed by atoms with E-state index in [0.717, 1.165) is 11.4 Å². The Morgan fingerprint density at radius 1 is 1.23 bits per heavy atom. The molecule has 26 heavy (non-hydrogen) atoms. The number of hydrogen-bond donors (Lipinski definition) is 1. The lowest BCUT2D eigenvalue weighted by Crippen LogP contribution is -2.14. The molecular formula is C17H15Cl2N5OS. The summed E-state index contributed by atoms with van der Waals surface area (Å²) in [6, 6.07) is 8.73. The molecule has 2 aromatic heterocycles. The molecule has 2 heterocycles. The van der Waals surface area contributed by atoms with Gasteiger partial charge in [-0.05, 0) is 37.3 Å². The first-order chi connectivity index (χ1) is 12.6. The van der Waals surface area contributed by atoms with Crippen LogP contribution in [0.1, 0.15) is 6.92 Å². The fourth-order valence-corrected chi connectivity index (χ4v) is 3.39. The van der Waals surface area contributed by atoms with Crippen LogP contribution in [0.5, 0.6) is 0 Å². The number of benzene rings is 1. The zero-order valence-electron chi connectivity index (χ0n) is 13.8. The van der Waals surface area contributed by atoms with Crippen LogP contribution >= 0.6 is 35.0 Å². The van der Waals surface area contributed by atoms with Crippen molar-refractivity contribution >= 4 is 46.6 Å². The smallest absolute Gasteiger partial charge is 0.234 e. The molecule has 0 fully saturated rings. The number of amides is 1. The third-order valence-corrected chi connectivity index (χ3v) is 5.19. The fraction of sp³-hybridized carbons (Fsp3) is 0.176. The molecule has 0 unspecified atom stereocenters. The number of pyridine rings is 1. The SMILES string of the molecule is CCn1c(SCC(=O)Nc2ccc(Cl)c(Cl)c2)nnc1-c1cccnc1. The summed E-state index contributed by atoms with van der Waals surface area (Å²) < 4.78 is 1.95. The quantitative estimate of drug-likeness (QED) is 0.613. The Hall–Kier alpha value is -2.09. The first kappa shape index (κ1) is 18.7. The number of rotatable bonds is 6. The lowest BCUT2D eigenvalue weighted by Gasteiger charge is -2.08. The summed E-state index contributed by atoms with van der Waals surface area (Å²) in [5, 5.41) is 12.7.